The van der Waals surface area contributed by atoms with Crippen LogP contribution < -0.4 is 19.7 Å². The van der Waals surface area contributed by atoms with Crippen molar-refractivity contribution in [2.45, 2.75) is 13.5 Å². The minimum absolute atomic E-state index is 0.0325. The van der Waals surface area contributed by atoms with Crippen LogP contribution in [0.3, 0.4) is 0 Å². The van der Waals surface area contributed by atoms with Crippen LogP contribution in [-0.4, -0.2) is 29.9 Å². The van der Waals surface area contributed by atoms with E-state index in [0.717, 1.165) is 10.5 Å². The molecule has 0 unspecified atom stereocenters. The molecular weight excluding hydrogens is 537 g/mol. The molecular formula is C26H19Cl2N3O7. The highest BCUT2D eigenvalue weighted by atomic mass is 35.5. The molecule has 0 aliphatic carbocycles. The highest BCUT2D eigenvalue weighted by Gasteiger charge is 2.37. The van der Waals surface area contributed by atoms with Crippen molar-refractivity contribution in [3.63, 3.8) is 0 Å². The van der Waals surface area contributed by atoms with Crippen molar-refractivity contribution in [3.05, 3.63) is 97.0 Å². The van der Waals surface area contributed by atoms with Crippen LogP contribution >= 0.6 is 23.2 Å². The predicted octanol–water partition coefficient (Wildman–Crippen LogP) is 5.46. The molecule has 4 amide bonds. The largest absolute Gasteiger partial charge is 0.493 e. The molecule has 0 saturated carbocycles. The Balaban J connectivity index is 1.63. The standard InChI is InChI=1S/C26H19Cl2N3O7/c1-14-6-7-17(12-20(14)27)30-25(33)19(24(32)29-26(30)34)9-16-10-21(28)23(22(11-16)37-2)38-13-15-4-3-5-18(8-15)31(35)36/h3-12H,13H2,1-2H3,(H,29,32,34)/b19-9-. The van der Waals surface area contributed by atoms with Crippen LogP contribution in [0.5, 0.6) is 11.5 Å². The third-order valence-electron chi connectivity index (χ3n) is 5.58. The van der Waals surface area contributed by atoms with Crippen molar-refractivity contribution in [1.29, 1.82) is 0 Å². The average Bonchev–Trinajstić information content (AvgIpc) is 2.87. The maximum atomic E-state index is 13.2. The van der Waals surface area contributed by atoms with Gasteiger partial charge in [-0.2, -0.15) is 0 Å². The summed E-state index contributed by atoms with van der Waals surface area (Å²) in [5, 5.41) is 13.6. The summed E-state index contributed by atoms with van der Waals surface area (Å²) >= 11 is 12.6. The van der Waals surface area contributed by atoms with Gasteiger partial charge in [-0.15, -0.1) is 0 Å². The molecule has 4 rings (SSSR count). The highest BCUT2D eigenvalue weighted by Crippen LogP contribution is 2.38. The van der Waals surface area contributed by atoms with Crippen molar-refractivity contribution in [2.24, 2.45) is 0 Å². The summed E-state index contributed by atoms with van der Waals surface area (Å²) in [5.41, 5.74) is 1.41. The van der Waals surface area contributed by atoms with Crippen LogP contribution in [0.25, 0.3) is 6.08 Å². The Morgan fingerprint density at radius 2 is 1.82 bits per heavy atom. The third kappa shape index (κ3) is 5.46. The Bertz CT molecular complexity index is 1520. The molecule has 1 fully saturated rings. The van der Waals surface area contributed by atoms with E-state index in [2.05, 4.69) is 5.32 Å². The van der Waals surface area contributed by atoms with Crippen LogP contribution in [0.15, 0.2) is 60.2 Å². The first-order chi connectivity index (χ1) is 18.1. The number of nitrogens with zero attached hydrogens (tertiary/aromatic N) is 2. The van der Waals surface area contributed by atoms with Crippen molar-refractivity contribution in [1.82, 2.24) is 5.32 Å². The van der Waals surface area contributed by atoms with E-state index in [1.54, 1.807) is 25.1 Å². The summed E-state index contributed by atoms with van der Waals surface area (Å²) in [7, 11) is 1.38. The number of barbiturate groups is 1. The van der Waals surface area contributed by atoms with Crippen LogP contribution in [0, 0.1) is 17.0 Å². The minimum Gasteiger partial charge on any atom is -0.493 e. The van der Waals surface area contributed by atoms with Gasteiger partial charge in [-0.1, -0.05) is 41.4 Å². The molecule has 1 aliphatic rings. The van der Waals surface area contributed by atoms with Crippen molar-refractivity contribution in [3.8, 4) is 11.5 Å². The number of amides is 4. The lowest BCUT2D eigenvalue weighted by atomic mass is 10.1. The van der Waals surface area contributed by atoms with Crippen LogP contribution in [0.2, 0.25) is 10.0 Å². The fraction of sp³-hybridized carbons (Fsp3) is 0.115. The lowest BCUT2D eigenvalue weighted by molar-refractivity contribution is -0.384. The van der Waals surface area contributed by atoms with E-state index >= 15 is 0 Å². The highest BCUT2D eigenvalue weighted by molar-refractivity contribution is 6.39. The quantitative estimate of drug-likeness (QED) is 0.177. The molecule has 0 aromatic heterocycles. The van der Waals surface area contributed by atoms with Crippen molar-refractivity contribution < 1.29 is 28.8 Å². The molecule has 38 heavy (non-hydrogen) atoms. The van der Waals surface area contributed by atoms with Gasteiger partial charge in [-0.3, -0.25) is 25.0 Å². The minimum atomic E-state index is -0.905. The second-order valence-corrected chi connectivity index (χ2v) is 8.96. The Hall–Kier alpha value is -4.41. The molecule has 12 heteroatoms. The summed E-state index contributed by atoms with van der Waals surface area (Å²) in [4.78, 5) is 49.5. The van der Waals surface area contributed by atoms with Gasteiger partial charge in [0.2, 0.25) is 0 Å². The van der Waals surface area contributed by atoms with E-state index in [1.165, 1.54) is 49.6 Å². The van der Waals surface area contributed by atoms with Crippen LogP contribution in [0.1, 0.15) is 16.7 Å². The number of hydrogen-bond acceptors (Lipinski definition) is 7. The number of rotatable bonds is 7. The number of halogens is 2. The van der Waals surface area contributed by atoms with Gasteiger partial charge in [-0.05, 0) is 54.0 Å². The van der Waals surface area contributed by atoms with E-state index < -0.39 is 22.8 Å². The van der Waals surface area contributed by atoms with E-state index in [-0.39, 0.29) is 40.1 Å². The summed E-state index contributed by atoms with van der Waals surface area (Å²) < 4.78 is 11.1. The van der Waals surface area contributed by atoms with E-state index in [9.17, 15) is 24.5 Å². The van der Waals surface area contributed by atoms with Gasteiger partial charge in [0, 0.05) is 17.2 Å². The van der Waals surface area contributed by atoms with E-state index in [4.69, 9.17) is 32.7 Å². The Morgan fingerprint density at radius 1 is 1.05 bits per heavy atom. The first kappa shape index (κ1) is 26.6. The molecule has 0 atom stereocenters. The molecule has 0 bridgehead atoms. The maximum absolute atomic E-state index is 13.2. The number of carbonyl (C=O) groups excluding carboxylic acids is 3. The summed E-state index contributed by atoms with van der Waals surface area (Å²) in [5.74, 6) is -1.37. The van der Waals surface area contributed by atoms with Gasteiger partial charge in [0.05, 0.1) is 22.7 Å². The summed E-state index contributed by atoms with van der Waals surface area (Å²) in [6.07, 6.45) is 1.27. The number of nitrogens with one attached hydrogen (secondary N) is 1. The number of ether oxygens (including phenoxy) is 2. The maximum Gasteiger partial charge on any atom is 0.335 e. The SMILES string of the molecule is COc1cc(/C=C2/C(=O)NC(=O)N(c3ccc(C)c(Cl)c3)C2=O)cc(Cl)c1OCc1cccc([N+](=O)[O-])c1. The third-order valence-corrected chi connectivity index (χ3v) is 6.27. The second-order valence-electron chi connectivity index (χ2n) is 8.14. The van der Waals surface area contributed by atoms with Gasteiger partial charge >= 0.3 is 6.03 Å². The molecule has 3 aromatic carbocycles. The number of nitro groups is 1. The molecule has 1 N–H and O–H groups in total. The number of urea groups is 1. The molecule has 3 aromatic rings. The number of methoxy groups -OCH3 is 1. The first-order valence-electron chi connectivity index (χ1n) is 11.0. The van der Waals surface area contributed by atoms with Gasteiger partial charge < -0.3 is 9.47 Å². The van der Waals surface area contributed by atoms with E-state index in [1.807, 2.05) is 0 Å². The fourth-order valence-corrected chi connectivity index (χ4v) is 4.11. The molecule has 194 valence electrons. The Labute approximate surface area is 226 Å². The Morgan fingerprint density at radius 3 is 2.50 bits per heavy atom. The fourth-order valence-electron chi connectivity index (χ4n) is 3.66. The second kappa shape index (κ2) is 10.9. The zero-order valence-corrected chi connectivity index (χ0v) is 21.5. The number of non-ortho nitro benzene ring substituents is 1. The van der Waals surface area contributed by atoms with Crippen molar-refractivity contribution in [2.75, 3.05) is 12.0 Å². The zero-order chi connectivity index (χ0) is 27.6. The van der Waals surface area contributed by atoms with Gasteiger partial charge in [-0.25, -0.2) is 9.69 Å². The molecule has 10 nitrogen and oxygen atoms in total. The Kier molecular flexibility index (Phi) is 7.65. The number of hydrogen-bond donors (Lipinski definition) is 1. The lowest BCUT2D eigenvalue weighted by Crippen LogP contribution is -2.54. The zero-order valence-electron chi connectivity index (χ0n) is 20.0. The molecule has 1 aliphatic heterocycles. The number of anilines is 1. The number of imide groups is 2. The first-order valence-corrected chi connectivity index (χ1v) is 11.8. The number of nitro benzene ring substituents is 1. The average molecular weight is 556 g/mol. The predicted molar refractivity (Wildman–Crippen MR) is 141 cm³/mol. The number of benzene rings is 3. The molecule has 1 saturated heterocycles. The van der Waals surface area contributed by atoms with Gasteiger partial charge in [0.1, 0.15) is 12.2 Å². The molecule has 0 radical (unpaired) electrons. The van der Waals surface area contributed by atoms with Crippen molar-refractivity contribution >= 4 is 58.5 Å². The van der Waals surface area contributed by atoms with Gasteiger partial charge in [0.25, 0.3) is 17.5 Å². The smallest absolute Gasteiger partial charge is 0.335 e. The number of carbonyl (C=O) groups is 3. The van der Waals surface area contributed by atoms with Crippen LogP contribution in [-0.2, 0) is 16.2 Å². The molecule has 0 spiro atoms. The normalized spacial score (nSPS) is 14.5. The van der Waals surface area contributed by atoms with Gasteiger partial charge in [0.15, 0.2) is 11.5 Å². The topological polar surface area (TPSA) is 128 Å². The molecule has 1 heterocycles. The van der Waals surface area contributed by atoms with E-state index in [0.29, 0.717) is 16.1 Å². The summed E-state index contributed by atoms with van der Waals surface area (Å²) in [6, 6.07) is 12.6. The van der Waals surface area contributed by atoms with Crippen LogP contribution in [0.4, 0.5) is 16.2 Å². The summed E-state index contributed by atoms with van der Waals surface area (Å²) in [6.45, 7) is 1.74. The lowest BCUT2D eigenvalue weighted by Gasteiger charge is -2.26. The number of aryl methyl sites for hydroxylation is 1. The monoisotopic (exact) mass is 555 g/mol.